The normalized spacial score (nSPS) is 17.5. The Balaban J connectivity index is 1.29. The molecule has 0 bridgehead atoms. The fraction of sp³-hybridized carbons (Fsp3) is 0.476. The molecule has 1 aliphatic carbocycles. The maximum absolute atomic E-state index is 12.8. The molecule has 1 aromatic heterocycles. The van der Waals surface area contributed by atoms with E-state index in [-0.39, 0.29) is 27.7 Å². The van der Waals surface area contributed by atoms with Crippen LogP contribution in [0.3, 0.4) is 0 Å². The lowest BCUT2D eigenvalue weighted by Gasteiger charge is -2.31. The number of hydrogen-bond donors (Lipinski definition) is 2. The standard InChI is InChI=1S/C21H24ClN5O3S/c22-14-4-3-7-16(12-14)24-18(29)19-25-26-20(31-19)21(30)27-10-8-13(9-11-27)17(28)23-15-5-1-2-6-15/h3-4,7,12-13,15H,1-2,5-6,8-11H2,(H,23,28)(H,24,29). The fourth-order valence-corrected chi connectivity index (χ4v) is 4.92. The smallest absolute Gasteiger partial charge is 0.286 e. The van der Waals surface area contributed by atoms with E-state index < -0.39 is 5.91 Å². The number of carbonyl (C=O) groups is 3. The third-order valence-corrected chi connectivity index (χ3v) is 6.88. The van der Waals surface area contributed by atoms with Gasteiger partial charge in [-0.2, -0.15) is 0 Å². The highest BCUT2D eigenvalue weighted by Gasteiger charge is 2.31. The molecule has 8 nitrogen and oxygen atoms in total. The van der Waals surface area contributed by atoms with Crippen LogP contribution in [0.25, 0.3) is 0 Å². The zero-order valence-electron chi connectivity index (χ0n) is 17.0. The molecule has 0 unspecified atom stereocenters. The van der Waals surface area contributed by atoms with Crippen molar-refractivity contribution in [1.82, 2.24) is 20.4 Å². The molecule has 1 saturated heterocycles. The molecule has 2 aromatic rings. The lowest BCUT2D eigenvalue weighted by Crippen LogP contribution is -2.44. The van der Waals surface area contributed by atoms with Crippen LogP contribution in [-0.2, 0) is 4.79 Å². The molecule has 2 N–H and O–H groups in total. The number of halogens is 1. The van der Waals surface area contributed by atoms with Crippen molar-refractivity contribution >= 4 is 46.3 Å². The molecule has 3 amide bonds. The molecule has 0 atom stereocenters. The summed E-state index contributed by atoms with van der Waals surface area (Å²) >= 11 is 6.88. The Morgan fingerprint density at radius 2 is 1.74 bits per heavy atom. The van der Waals surface area contributed by atoms with Crippen molar-refractivity contribution in [1.29, 1.82) is 0 Å². The van der Waals surface area contributed by atoms with Gasteiger partial charge in [0.05, 0.1) is 0 Å². The van der Waals surface area contributed by atoms with Crippen molar-refractivity contribution in [2.24, 2.45) is 5.92 Å². The Hall–Kier alpha value is -2.52. The van der Waals surface area contributed by atoms with Crippen LogP contribution < -0.4 is 10.6 Å². The van der Waals surface area contributed by atoms with Crippen LogP contribution in [0, 0.1) is 5.92 Å². The van der Waals surface area contributed by atoms with E-state index >= 15 is 0 Å². The summed E-state index contributed by atoms with van der Waals surface area (Å²) in [6.07, 6.45) is 5.74. The molecule has 2 aliphatic rings. The van der Waals surface area contributed by atoms with Crippen LogP contribution >= 0.6 is 22.9 Å². The molecule has 2 heterocycles. The Morgan fingerprint density at radius 3 is 2.45 bits per heavy atom. The van der Waals surface area contributed by atoms with Crippen LogP contribution in [-0.4, -0.2) is 52.0 Å². The van der Waals surface area contributed by atoms with E-state index in [4.69, 9.17) is 11.6 Å². The summed E-state index contributed by atoms with van der Waals surface area (Å²) in [6, 6.07) is 7.08. The van der Waals surface area contributed by atoms with Crippen molar-refractivity contribution in [3.63, 3.8) is 0 Å². The first-order valence-corrected chi connectivity index (χ1v) is 11.7. The zero-order valence-corrected chi connectivity index (χ0v) is 18.5. The van der Waals surface area contributed by atoms with Gasteiger partial charge >= 0.3 is 0 Å². The van der Waals surface area contributed by atoms with Gasteiger partial charge in [-0.25, -0.2) is 0 Å². The number of likely N-dealkylation sites (tertiary alicyclic amines) is 1. The zero-order chi connectivity index (χ0) is 21.8. The quantitative estimate of drug-likeness (QED) is 0.710. The molecule has 0 radical (unpaired) electrons. The topological polar surface area (TPSA) is 104 Å². The largest absolute Gasteiger partial charge is 0.353 e. The second-order valence-corrected chi connectivity index (χ2v) is 9.35. The number of piperidine rings is 1. The number of aromatic nitrogens is 2. The minimum atomic E-state index is -0.443. The van der Waals surface area contributed by atoms with Gasteiger partial charge in [0.15, 0.2) is 0 Å². The van der Waals surface area contributed by atoms with Crippen LogP contribution in [0.4, 0.5) is 5.69 Å². The van der Waals surface area contributed by atoms with E-state index in [1.165, 1.54) is 12.8 Å². The first-order valence-electron chi connectivity index (χ1n) is 10.5. The van der Waals surface area contributed by atoms with E-state index in [1.807, 2.05) is 0 Å². The third-order valence-electron chi connectivity index (χ3n) is 5.74. The lowest BCUT2D eigenvalue weighted by molar-refractivity contribution is -0.127. The van der Waals surface area contributed by atoms with Gasteiger partial charge in [-0.3, -0.25) is 14.4 Å². The Morgan fingerprint density at radius 1 is 1.03 bits per heavy atom. The molecule has 31 heavy (non-hydrogen) atoms. The number of nitrogens with one attached hydrogen (secondary N) is 2. The third kappa shape index (κ3) is 5.40. The number of amides is 3. The van der Waals surface area contributed by atoms with Gasteiger partial charge < -0.3 is 15.5 Å². The molecule has 0 spiro atoms. The van der Waals surface area contributed by atoms with Gasteiger partial charge in [0.2, 0.25) is 15.9 Å². The Kier molecular flexibility index (Phi) is 6.82. The fourth-order valence-electron chi connectivity index (χ4n) is 4.02. The van der Waals surface area contributed by atoms with Crippen molar-refractivity contribution in [2.45, 2.75) is 44.6 Å². The van der Waals surface area contributed by atoms with E-state index in [0.717, 1.165) is 24.2 Å². The molecule has 2 fully saturated rings. The number of anilines is 1. The van der Waals surface area contributed by atoms with E-state index in [0.29, 0.717) is 42.7 Å². The highest BCUT2D eigenvalue weighted by atomic mass is 35.5. The molecule has 10 heteroatoms. The van der Waals surface area contributed by atoms with Gasteiger partial charge in [-0.1, -0.05) is 41.8 Å². The number of nitrogens with zero attached hydrogens (tertiary/aromatic N) is 3. The average molecular weight is 462 g/mol. The van der Waals surface area contributed by atoms with Crippen molar-refractivity contribution in [3.05, 3.63) is 39.3 Å². The number of rotatable bonds is 5. The summed E-state index contributed by atoms with van der Waals surface area (Å²) in [5.74, 6) is -0.650. The van der Waals surface area contributed by atoms with Gasteiger partial charge in [-0.05, 0) is 43.9 Å². The molecule has 1 aromatic carbocycles. The summed E-state index contributed by atoms with van der Waals surface area (Å²) in [4.78, 5) is 39.3. The van der Waals surface area contributed by atoms with Crippen molar-refractivity contribution in [2.75, 3.05) is 18.4 Å². The predicted octanol–water partition coefficient (Wildman–Crippen LogP) is 3.35. The van der Waals surface area contributed by atoms with Gasteiger partial charge in [0, 0.05) is 35.8 Å². The first-order chi connectivity index (χ1) is 15.0. The predicted molar refractivity (Wildman–Crippen MR) is 118 cm³/mol. The maximum Gasteiger partial charge on any atom is 0.286 e. The molecule has 4 rings (SSSR count). The van der Waals surface area contributed by atoms with Crippen molar-refractivity contribution < 1.29 is 14.4 Å². The van der Waals surface area contributed by atoms with Crippen LogP contribution in [0.15, 0.2) is 24.3 Å². The monoisotopic (exact) mass is 461 g/mol. The van der Waals surface area contributed by atoms with E-state index in [1.54, 1.807) is 29.2 Å². The minimum absolute atomic E-state index is 0.0573. The van der Waals surface area contributed by atoms with E-state index in [9.17, 15) is 14.4 Å². The number of benzene rings is 1. The number of hydrogen-bond acceptors (Lipinski definition) is 6. The van der Waals surface area contributed by atoms with Gasteiger partial charge in [-0.15, -0.1) is 10.2 Å². The van der Waals surface area contributed by atoms with Crippen molar-refractivity contribution in [3.8, 4) is 0 Å². The SMILES string of the molecule is O=C(Nc1cccc(Cl)c1)c1nnc(C(=O)N2CCC(C(=O)NC3CCCC3)CC2)s1. The molecular weight excluding hydrogens is 438 g/mol. The second kappa shape index (κ2) is 9.74. The summed E-state index contributed by atoms with van der Waals surface area (Å²) in [5.41, 5.74) is 0.540. The maximum atomic E-state index is 12.8. The summed E-state index contributed by atoms with van der Waals surface area (Å²) in [7, 11) is 0. The average Bonchev–Trinajstić information content (AvgIpc) is 3.46. The molecule has 1 saturated carbocycles. The second-order valence-electron chi connectivity index (χ2n) is 7.93. The van der Waals surface area contributed by atoms with Gasteiger partial charge in [0.25, 0.3) is 11.8 Å². The highest BCUT2D eigenvalue weighted by Crippen LogP contribution is 2.23. The lowest BCUT2D eigenvalue weighted by atomic mass is 9.95. The molecule has 164 valence electrons. The number of carbonyl (C=O) groups excluding carboxylic acids is 3. The molecular formula is C21H24ClN5O3S. The van der Waals surface area contributed by atoms with E-state index in [2.05, 4.69) is 20.8 Å². The summed E-state index contributed by atoms with van der Waals surface area (Å²) < 4.78 is 0. The summed E-state index contributed by atoms with van der Waals surface area (Å²) in [5, 5.41) is 14.4. The van der Waals surface area contributed by atoms with Crippen LogP contribution in [0.5, 0.6) is 0 Å². The first kappa shape index (κ1) is 21.7. The van der Waals surface area contributed by atoms with Gasteiger partial charge in [0.1, 0.15) is 0 Å². The van der Waals surface area contributed by atoms with Crippen LogP contribution in [0.2, 0.25) is 5.02 Å². The summed E-state index contributed by atoms with van der Waals surface area (Å²) in [6.45, 7) is 0.983. The Labute approximate surface area is 189 Å². The molecule has 1 aliphatic heterocycles. The highest BCUT2D eigenvalue weighted by molar-refractivity contribution is 7.15. The Bertz CT molecular complexity index is 967. The van der Waals surface area contributed by atoms with Crippen LogP contribution in [0.1, 0.15) is 58.1 Å². The minimum Gasteiger partial charge on any atom is -0.353 e.